The zero-order valence-corrected chi connectivity index (χ0v) is 16.6. The lowest BCUT2D eigenvalue weighted by Crippen LogP contribution is -2.55. The summed E-state index contributed by atoms with van der Waals surface area (Å²) in [4.78, 5) is 0. The van der Waals surface area contributed by atoms with E-state index in [1.807, 2.05) is 30.3 Å². The number of aliphatic hydroxyl groups is 4. The Hall–Kier alpha value is -1.93. The Morgan fingerprint density at radius 2 is 1.79 bits per heavy atom. The fourth-order valence-corrected chi connectivity index (χ4v) is 3.65. The Morgan fingerprint density at radius 1 is 1.07 bits per heavy atom. The summed E-state index contributed by atoms with van der Waals surface area (Å²) in [7, 11) is 0. The van der Waals surface area contributed by atoms with Crippen molar-refractivity contribution in [2.45, 2.75) is 36.9 Å². The molecule has 0 spiro atoms. The van der Waals surface area contributed by atoms with E-state index in [9.17, 15) is 20.4 Å². The summed E-state index contributed by atoms with van der Waals surface area (Å²) < 4.78 is 11.4. The molecule has 1 fully saturated rings. The van der Waals surface area contributed by atoms with Gasteiger partial charge < -0.3 is 29.9 Å². The minimum Gasteiger partial charge on any atom is -0.488 e. The number of hydrogen-bond donors (Lipinski definition) is 4. The van der Waals surface area contributed by atoms with Gasteiger partial charge in [-0.3, -0.25) is 0 Å². The number of rotatable bonds is 7. The minimum atomic E-state index is -1.46. The topological polar surface area (TPSA) is 99.4 Å². The molecule has 0 saturated carbocycles. The minimum absolute atomic E-state index is 0.239. The second kappa shape index (κ2) is 9.71. The van der Waals surface area contributed by atoms with Gasteiger partial charge in [0.25, 0.3) is 0 Å². The van der Waals surface area contributed by atoms with Crippen LogP contribution in [0.2, 0.25) is 5.02 Å². The molecule has 4 N–H and O–H groups in total. The van der Waals surface area contributed by atoms with Crippen LogP contribution in [0.3, 0.4) is 0 Å². The summed E-state index contributed by atoms with van der Waals surface area (Å²) >= 11 is 6.56. The second-order valence-electron chi connectivity index (χ2n) is 7.00. The fourth-order valence-electron chi connectivity index (χ4n) is 3.42. The third-order valence-electron chi connectivity index (χ3n) is 4.95. The number of ether oxygens (including phenoxy) is 2. The molecule has 1 aliphatic rings. The predicted molar refractivity (Wildman–Crippen MR) is 109 cm³/mol. The molecule has 0 amide bonds. The van der Waals surface area contributed by atoms with Gasteiger partial charge >= 0.3 is 0 Å². The first-order chi connectivity index (χ1) is 14.0. The lowest BCUT2D eigenvalue weighted by Gasteiger charge is -2.40. The van der Waals surface area contributed by atoms with E-state index < -0.39 is 37.1 Å². The highest BCUT2D eigenvalue weighted by Crippen LogP contribution is 2.38. The van der Waals surface area contributed by atoms with Crippen molar-refractivity contribution in [1.29, 1.82) is 0 Å². The molecule has 0 unspecified atom stereocenters. The Balaban J connectivity index is 2.00. The van der Waals surface area contributed by atoms with Crippen molar-refractivity contribution in [3.8, 4) is 5.75 Å². The van der Waals surface area contributed by atoms with Crippen molar-refractivity contribution in [1.82, 2.24) is 0 Å². The van der Waals surface area contributed by atoms with Gasteiger partial charge in [-0.15, -0.1) is 0 Å². The Morgan fingerprint density at radius 3 is 2.45 bits per heavy atom. The van der Waals surface area contributed by atoms with Gasteiger partial charge in [-0.25, -0.2) is 0 Å². The van der Waals surface area contributed by atoms with E-state index in [1.165, 1.54) is 0 Å². The molecule has 29 heavy (non-hydrogen) atoms. The highest BCUT2D eigenvalue weighted by molar-refractivity contribution is 6.32. The van der Waals surface area contributed by atoms with Gasteiger partial charge in [0.15, 0.2) is 0 Å². The van der Waals surface area contributed by atoms with Gasteiger partial charge in [-0.2, -0.15) is 0 Å². The summed E-state index contributed by atoms with van der Waals surface area (Å²) in [6, 6.07) is 13.1. The lowest BCUT2D eigenvalue weighted by atomic mass is 9.90. The summed E-state index contributed by atoms with van der Waals surface area (Å²) in [5.74, 6) is 0.395. The number of aliphatic hydroxyl groups excluding tert-OH is 4. The van der Waals surface area contributed by atoms with Gasteiger partial charge in [0, 0.05) is 0 Å². The highest BCUT2D eigenvalue weighted by atomic mass is 35.5. The van der Waals surface area contributed by atoms with Crippen LogP contribution in [0, 0.1) is 0 Å². The largest absolute Gasteiger partial charge is 0.488 e. The smallest absolute Gasteiger partial charge is 0.139 e. The van der Waals surface area contributed by atoms with Crippen LogP contribution in [0.15, 0.2) is 55.1 Å². The number of benzene rings is 2. The molecule has 2 aromatic carbocycles. The van der Waals surface area contributed by atoms with Crippen LogP contribution < -0.4 is 4.74 Å². The van der Waals surface area contributed by atoms with Crippen molar-refractivity contribution in [3.05, 3.63) is 76.8 Å². The van der Waals surface area contributed by atoms with E-state index >= 15 is 0 Å². The molecule has 0 aromatic heterocycles. The van der Waals surface area contributed by atoms with E-state index in [2.05, 4.69) is 6.58 Å². The molecule has 1 saturated heterocycles. The molecule has 0 aliphatic carbocycles. The molecule has 1 aliphatic heterocycles. The standard InChI is InChI=1S/C22H25ClO6/c1-2-8-28-16-11-15(22-21(27)20(26)19(25)17(12-24)29-22)10-14(18(16)23)9-13-6-4-3-5-7-13/h2-7,10-11,17,19-22,24-27H,1,8-9,12H2/t17-,19-,20+,21-,22+/m1/s1. The quantitative estimate of drug-likeness (QED) is 0.511. The third kappa shape index (κ3) is 4.80. The molecule has 6 nitrogen and oxygen atoms in total. The van der Waals surface area contributed by atoms with Gasteiger partial charge in [0.05, 0.1) is 11.6 Å². The molecule has 5 atom stereocenters. The van der Waals surface area contributed by atoms with Gasteiger partial charge in [-0.05, 0) is 29.2 Å². The first kappa shape index (κ1) is 21.8. The van der Waals surface area contributed by atoms with Crippen molar-refractivity contribution >= 4 is 11.6 Å². The molecule has 156 valence electrons. The van der Waals surface area contributed by atoms with Crippen LogP contribution in [0.5, 0.6) is 5.75 Å². The van der Waals surface area contributed by atoms with Crippen molar-refractivity contribution in [3.63, 3.8) is 0 Å². The van der Waals surface area contributed by atoms with Crippen molar-refractivity contribution < 1.29 is 29.9 Å². The normalized spacial score (nSPS) is 26.9. The molecule has 7 heteroatoms. The van der Waals surface area contributed by atoms with E-state index in [1.54, 1.807) is 18.2 Å². The van der Waals surface area contributed by atoms with Crippen molar-refractivity contribution in [2.24, 2.45) is 0 Å². The Bertz CT molecular complexity index is 826. The van der Waals surface area contributed by atoms with E-state index in [0.717, 1.165) is 11.1 Å². The van der Waals surface area contributed by atoms with Gasteiger partial charge in [0.1, 0.15) is 42.9 Å². The van der Waals surface area contributed by atoms with E-state index in [4.69, 9.17) is 21.1 Å². The van der Waals surface area contributed by atoms with Crippen LogP contribution in [-0.4, -0.2) is 58.1 Å². The fraction of sp³-hybridized carbons (Fsp3) is 0.364. The zero-order chi connectivity index (χ0) is 21.0. The van der Waals surface area contributed by atoms with Gasteiger partial charge in [-0.1, -0.05) is 60.7 Å². The van der Waals surface area contributed by atoms with Crippen molar-refractivity contribution in [2.75, 3.05) is 13.2 Å². The maximum absolute atomic E-state index is 10.5. The monoisotopic (exact) mass is 420 g/mol. The maximum atomic E-state index is 10.5. The molecular formula is C22H25ClO6. The lowest BCUT2D eigenvalue weighted by molar-refractivity contribution is -0.231. The first-order valence-corrected chi connectivity index (χ1v) is 9.74. The summed E-state index contributed by atoms with van der Waals surface area (Å²) in [5.41, 5.74) is 2.32. The van der Waals surface area contributed by atoms with E-state index in [0.29, 0.717) is 22.8 Å². The summed E-state index contributed by atoms with van der Waals surface area (Å²) in [6.07, 6.45) is -4.11. The Kier molecular flexibility index (Phi) is 7.29. The van der Waals surface area contributed by atoms with Crippen LogP contribution in [0.1, 0.15) is 22.8 Å². The number of hydrogen-bond acceptors (Lipinski definition) is 6. The third-order valence-corrected chi connectivity index (χ3v) is 5.38. The SMILES string of the molecule is C=CCOc1cc([C@@H]2O[C@H](CO)[C@@H](O)[C@H](O)[C@H]2O)cc(Cc2ccccc2)c1Cl. The molecule has 1 heterocycles. The Labute approximate surface area is 174 Å². The average Bonchev–Trinajstić information content (AvgIpc) is 2.73. The first-order valence-electron chi connectivity index (χ1n) is 9.36. The second-order valence-corrected chi connectivity index (χ2v) is 7.38. The molecule has 0 radical (unpaired) electrons. The van der Waals surface area contributed by atoms with Crippen LogP contribution in [-0.2, 0) is 11.2 Å². The highest BCUT2D eigenvalue weighted by Gasteiger charge is 2.44. The zero-order valence-electron chi connectivity index (χ0n) is 15.8. The maximum Gasteiger partial charge on any atom is 0.139 e. The summed E-state index contributed by atoms with van der Waals surface area (Å²) in [5, 5.41) is 40.6. The molecule has 2 aromatic rings. The van der Waals surface area contributed by atoms with E-state index in [-0.39, 0.29) is 6.61 Å². The molecular weight excluding hydrogens is 396 g/mol. The van der Waals surface area contributed by atoms with Crippen LogP contribution in [0.4, 0.5) is 0 Å². The van der Waals surface area contributed by atoms with Crippen LogP contribution >= 0.6 is 11.6 Å². The molecule has 3 rings (SSSR count). The molecule has 0 bridgehead atoms. The van der Waals surface area contributed by atoms with Crippen LogP contribution in [0.25, 0.3) is 0 Å². The van der Waals surface area contributed by atoms with Gasteiger partial charge in [0.2, 0.25) is 0 Å². The average molecular weight is 421 g/mol. The predicted octanol–water partition coefficient (Wildman–Crippen LogP) is 2.01. The summed E-state index contributed by atoms with van der Waals surface area (Å²) in [6.45, 7) is 3.38. The number of halogens is 1.